The zero-order chi connectivity index (χ0) is 24.1. The van der Waals surface area contributed by atoms with Crippen LogP contribution >= 0.6 is 0 Å². The molecular weight excluding hydrogens is 431 g/mol. The number of esters is 1. The Bertz CT molecular complexity index is 845. The van der Waals surface area contributed by atoms with Crippen LogP contribution < -0.4 is 9.97 Å². The summed E-state index contributed by atoms with van der Waals surface area (Å²) in [6.07, 6.45) is -3.60. The summed E-state index contributed by atoms with van der Waals surface area (Å²) >= 11 is 0. The quantitative estimate of drug-likeness (QED) is 0.347. The molecule has 1 aliphatic heterocycles. The van der Waals surface area contributed by atoms with Gasteiger partial charge in [0.2, 0.25) is 18.1 Å². The van der Waals surface area contributed by atoms with E-state index in [4.69, 9.17) is 18.9 Å². The number of fused-ring (bicyclic) bond motifs is 1. The van der Waals surface area contributed by atoms with Gasteiger partial charge in [-0.25, -0.2) is 18.4 Å². The highest BCUT2D eigenvalue weighted by Gasteiger charge is 2.38. The highest BCUT2D eigenvalue weighted by molar-refractivity contribution is 6.47. The molecule has 2 atom stereocenters. The lowest BCUT2D eigenvalue weighted by Gasteiger charge is -2.29. The van der Waals surface area contributed by atoms with Crippen LogP contribution in [0.25, 0.3) is 0 Å². The predicted octanol–water partition coefficient (Wildman–Crippen LogP) is 2.63. The average molecular weight is 457 g/mol. The summed E-state index contributed by atoms with van der Waals surface area (Å²) in [7, 11) is -1.52. The molecule has 12 heteroatoms. The Kier molecular flexibility index (Phi) is 8.42. The highest BCUT2D eigenvalue weighted by Crippen LogP contribution is 2.31. The van der Waals surface area contributed by atoms with Crippen LogP contribution in [0, 0.1) is 0 Å². The Morgan fingerprint density at radius 1 is 1.25 bits per heavy atom. The second-order valence-corrected chi connectivity index (χ2v) is 7.76. The van der Waals surface area contributed by atoms with E-state index in [9.17, 15) is 28.2 Å². The van der Waals surface area contributed by atoms with Gasteiger partial charge in [0.05, 0.1) is 12.0 Å². The van der Waals surface area contributed by atoms with Crippen LogP contribution in [0.4, 0.5) is 13.6 Å². The van der Waals surface area contributed by atoms with Crippen LogP contribution in [0.15, 0.2) is 18.2 Å². The first-order valence-electron chi connectivity index (χ1n) is 10.1. The van der Waals surface area contributed by atoms with Crippen molar-refractivity contribution in [2.24, 2.45) is 0 Å². The predicted molar refractivity (Wildman–Crippen MR) is 108 cm³/mol. The lowest BCUT2D eigenvalue weighted by Crippen LogP contribution is -2.53. The second kappa shape index (κ2) is 10.6. The van der Waals surface area contributed by atoms with Crippen molar-refractivity contribution in [3.05, 3.63) is 29.3 Å². The van der Waals surface area contributed by atoms with E-state index in [1.807, 2.05) is 0 Å². The molecule has 1 unspecified atom stereocenters. The fourth-order valence-electron chi connectivity index (χ4n) is 2.91. The molecule has 32 heavy (non-hydrogen) atoms. The number of nitrogens with one attached hydrogen (secondary N) is 1. The zero-order valence-electron chi connectivity index (χ0n) is 18.2. The van der Waals surface area contributed by atoms with Crippen molar-refractivity contribution >= 4 is 25.2 Å². The van der Waals surface area contributed by atoms with Crippen molar-refractivity contribution in [1.29, 1.82) is 0 Å². The molecule has 0 fully saturated rings. The molecule has 0 aromatic heterocycles. The van der Waals surface area contributed by atoms with Crippen molar-refractivity contribution in [2.45, 2.75) is 71.2 Å². The maximum atomic E-state index is 12.9. The van der Waals surface area contributed by atoms with Gasteiger partial charge < -0.3 is 29.2 Å². The largest absolute Gasteiger partial charge is 0.547 e. The van der Waals surface area contributed by atoms with Crippen LogP contribution in [0.5, 0.6) is 5.75 Å². The van der Waals surface area contributed by atoms with E-state index >= 15 is 0 Å². The van der Waals surface area contributed by atoms with Crippen molar-refractivity contribution in [3.63, 3.8) is 0 Å². The van der Waals surface area contributed by atoms with Crippen molar-refractivity contribution in [2.75, 3.05) is 0 Å². The molecule has 1 aromatic carbocycles. The first-order chi connectivity index (χ1) is 14.9. The standard InChI is InChI=1S/C20H26BF2NO8/c1-11(2)29-19(27)31-12(3)30-18(26)14-7-5-6-13-10-15(21(28)32-17(13)14)24-16(25)8-9-20(4,22)23/h5-7,11-12,15,28H,8-10H2,1-4H3,(H,24,25)/t12?,15-/m0/s1. The minimum absolute atomic E-state index is 0.0235. The third kappa shape index (κ3) is 7.67. The number of ether oxygens (including phenoxy) is 3. The molecule has 1 aliphatic rings. The van der Waals surface area contributed by atoms with E-state index in [1.54, 1.807) is 26.0 Å². The molecule has 0 saturated carbocycles. The monoisotopic (exact) mass is 457 g/mol. The summed E-state index contributed by atoms with van der Waals surface area (Å²) < 4.78 is 46.0. The second-order valence-electron chi connectivity index (χ2n) is 7.76. The molecule has 0 aliphatic carbocycles. The number of para-hydroxylation sites is 1. The third-order valence-electron chi connectivity index (χ3n) is 4.34. The van der Waals surface area contributed by atoms with Gasteiger partial charge in [-0.05, 0) is 38.8 Å². The summed E-state index contributed by atoms with van der Waals surface area (Å²) in [5.74, 6) is -5.34. The average Bonchev–Trinajstić information content (AvgIpc) is 2.65. The van der Waals surface area contributed by atoms with Crippen LogP contribution in [0.3, 0.4) is 0 Å². The normalized spacial score (nSPS) is 16.5. The van der Waals surface area contributed by atoms with E-state index in [-0.39, 0.29) is 17.7 Å². The third-order valence-corrected chi connectivity index (χ3v) is 4.34. The molecular formula is C20H26BF2NO8. The van der Waals surface area contributed by atoms with Crippen LogP contribution in [-0.4, -0.2) is 54.4 Å². The number of alkyl halides is 2. The Morgan fingerprint density at radius 2 is 1.94 bits per heavy atom. The summed E-state index contributed by atoms with van der Waals surface area (Å²) in [5, 5.41) is 12.7. The molecule has 0 bridgehead atoms. The summed E-state index contributed by atoms with van der Waals surface area (Å²) in [5.41, 5.74) is 0.466. The van der Waals surface area contributed by atoms with Crippen LogP contribution in [-0.2, 0) is 25.4 Å². The van der Waals surface area contributed by atoms with Gasteiger partial charge in [0, 0.05) is 19.8 Å². The van der Waals surface area contributed by atoms with Gasteiger partial charge >= 0.3 is 19.2 Å². The van der Waals surface area contributed by atoms with Gasteiger partial charge in [0.1, 0.15) is 11.3 Å². The molecule has 176 valence electrons. The molecule has 0 radical (unpaired) electrons. The minimum Gasteiger partial charge on any atom is -0.534 e. The number of carbonyl (C=O) groups excluding carboxylic acids is 3. The van der Waals surface area contributed by atoms with Gasteiger partial charge in [0.25, 0.3) is 0 Å². The topological polar surface area (TPSA) is 120 Å². The van der Waals surface area contributed by atoms with Crippen LogP contribution in [0.2, 0.25) is 0 Å². The highest BCUT2D eigenvalue weighted by atomic mass is 19.3. The van der Waals surface area contributed by atoms with E-state index < -0.39 is 62.2 Å². The molecule has 1 amide bonds. The van der Waals surface area contributed by atoms with E-state index in [2.05, 4.69) is 5.32 Å². The number of carbonyl (C=O) groups is 3. The SMILES string of the molecule is CC(C)OC(=O)OC(C)OC(=O)c1cccc2c1OB(O)[C@@H](NC(=O)CCC(C)(F)F)C2. The number of benzene rings is 1. The summed E-state index contributed by atoms with van der Waals surface area (Å²) in [6, 6.07) is 4.57. The number of hydrogen-bond donors (Lipinski definition) is 2. The molecule has 1 heterocycles. The van der Waals surface area contributed by atoms with Crippen molar-refractivity contribution < 1.29 is 47.1 Å². The Hall–Kier alpha value is -2.89. The Balaban J connectivity index is 2.02. The van der Waals surface area contributed by atoms with Crippen molar-refractivity contribution in [1.82, 2.24) is 5.32 Å². The fourth-order valence-corrected chi connectivity index (χ4v) is 2.91. The van der Waals surface area contributed by atoms with Gasteiger partial charge in [-0.1, -0.05) is 12.1 Å². The lowest BCUT2D eigenvalue weighted by molar-refractivity contribution is -0.123. The number of hydrogen-bond acceptors (Lipinski definition) is 8. The first-order valence-corrected chi connectivity index (χ1v) is 10.1. The number of amides is 1. The van der Waals surface area contributed by atoms with E-state index in [0.717, 1.165) is 6.92 Å². The fraction of sp³-hybridized carbons (Fsp3) is 0.550. The van der Waals surface area contributed by atoms with E-state index in [1.165, 1.54) is 13.0 Å². The molecule has 0 saturated heterocycles. The van der Waals surface area contributed by atoms with Gasteiger partial charge in [0.15, 0.2) is 0 Å². The molecule has 2 rings (SSSR count). The first kappa shape index (κ1) is 25.4. The van der Waals surface area contributed by atoms with Gasteiger partial charge in [-0.3, -0.25) is 4.79 Å². The molecule has 9 nitrogen and oxygen atoms in total. The maximum absolute atomic E-state index is 12.9. The molecule has 0 spiro atoms. The van der Waals surface area contributed by atoms with Gasteiger partial charge in [-0.2, -0.15) is 0 Å². The lowest BCUT2D eigenvalue weighted by atomic mass is 9.72. The van der Waals surface area contributed by atoms with Crippen LogP contribution in [0.1, 0.15) is 56.5 Å². The molecule has 1 aromatic rings. The maximum Gasteiger partial charge on any atom is 0.547 e. The Morgan fingerprint density at radius 3 is 2.56 bits per heavy atom. The number of rotatable bonds is 8. The summed E-state index contributed by atoms with van der Waals surface area (Å²) in [4.78, 5) is 36.0. The minimum atomic E-state index is -2.98. The van der Waals surface area contributed by atoms with Crippen molar-refractivity contribution in [3.8, 4) is 5.75 Å². The van der Waals surface area contributed by atoms with E-state index in [0.29, 0.717) is 5.56 Å². The number of halogens is 2. The Labute approximate surface area is 184 Å². The summed E-state index contributed by atoms with van der Waals surface area (Å²) in [6.45, 7) is 5.31. The van der Waals surface area contributed by atoms with Gasteiger partial charge in [-0.15, -0.1) is 0 Å². The smallest absolute Gasteiger partial charge is 0.534 e. The molecule has 2 N–H and O–H groups in total. The zero-order valence-corrected chi connectivity index (χ0v) is 18.2.